The fraction of sp³-hybridized carbons (Fsp3) is 0.333. The Hall–Kier alpha value is -2.13. The summed E-state index contributed by atoms with van der Waals surface area (Å²) in [4.78, 5) is 21.2. The Labute approximate surface area is 182 Å². The number of aromatic amines is 1. The predicted octanol–water partition coefficient (Wildman–Crippen LogP) is 4.10. The molecule has 1 aliphatic carbocycles. The maximum absolute atomic E-state index is 6.22. The standard InChI is InChI=1S/C18H18Cl2N8.ClH/c19-11-5-13-14(6-12(11)20)28(8-24-13)17-15-16(23-7-22-15)26-18(27-17)25-10-3-1-9(21)2-4-10;/h5-10H,1-4,21H2,(H2,22,23,25,26,27);1H/t9-,10-;. The molecular formula is C18H19Cl3N8. The lowest BCUT2D eigenvalue weighted by Crippen LogP contribution is -2.33. The van der Waals surface area contributed by atoms with Crippen LogP contribution in [0, 0.1) is 0 Å². The number of nitrogens with zero attached hydrogens (tertiary/aromatic N) is 5. The van der Waals surface area contributed by atoms with E-state index in [0.717, 1.165) is 36.7 Å². The molecule has 1 saturated carbocycles. The number of hydrogen-bond donors (Lipinski definition) is 3. The first-order valence-corrected chi connectivity index (χ1v) is 9.90. The highest BCUT2D eigenvalue weighted by Crippen LogP contribution is 2.30. The molecular weight excluding hydrogens is 435 g/mol. The largest absolute Gasteiger partial charge is 0.351 e. The van der Waals surface area contributed by atoms with E-state index in [-0.39, 0.29) is 12.4 Å². The molecule has 3 heterocycles. The molecule has 0 bridgehead atoms. The number of anilines is 1. The van der Waals surface area contributed by atoms with E-state index in [0.29, 0.717) is 45.1 Å². The van der Waals surface area contributed by atoms with Crippen molar-refractivity contribution in [3.8, 4) is 5.82 Å². The van der Waals surface area contributed by atoms with Crippen LogP contribution in [0.15, 0.2) is 24.8 Å². The Morgan fingerprint density at radius 3 is 2.62 bits per heavy atom. The highest BCUT2D eigenvalue weighted by molar-refractivity contribution is 6.42. The summed E-state index contributed by atoms with van der Waals surface area (Å²) in [7, 11) is 0. The molecule has 1 aromatic carbocycles. The van der Waals surface area contributed by atoms with Gasteiger partial charge in [-0.3, -0.25) is 4.57 Å². The molecule has 4 aromatic rings. The van der Waals surface area contributed by atoms with Crippen molar-refractivity contribution in [2.24, 2.45) is 5.73 Å². The molecule has 5 rings (SSSR count). The molecule has 0 atom stereocenters. The molecule has 0 aliphatic heterocycles. The van der Waals surface area contributed by atoms with Gasteiger partial charge in [0.2, 0.25) is 5.95 Å². The quantitative estimate of drug-likeness (QED) is 0.431. The molecule has 152 valence electrons. The fourth-order valence-corrected chi connectivity index (χ4v) is 3.99. The lowest BCUT2D eigenvalue weighted by atomic mass is 9.92. The zero-order chi connectivity index (χ0) is 19.3. The van der Waals surface area contributed by atoms with Crippen LogP contribution in [-0.2, 0) is 0 Å². The van der Waals surface area contributed by atoms with Crippen molar-refractivity contribution < 1.29 is 0 Å². The molecule has 0 saturated heterocycles. The van der Waals surface area contributed by atoms with Gasteiger partial charge in [0.25, 0.3) is 0 Å². The van der Waals surface area contributed by atoms with Gasteiger partial charge in [-0.25, -0.2) is 9.97 Å². The lowest BCUT2D eigenvalue weighted by Gasteiger charge is -2.26. The van der Waals surface area contributed by atoms with Crippen molar-refractivity contribution in [2.45, 2.75) is 37.8 Å². The summed E-state index contributed by atoms with van der Waals surface area (Å²) in [6, 6.07) is 4.12. The average Bonchev–Trinajstić information content (AvgIpc) is 3.30. The van der Waals surface area contributed by atoms with Gasteiger partial charge in [0.1, 0.15) is 6.33 Å². The number of imidazole rings is 2. The van der Waals surface area contributed by atoms with E-state index in [9.17, 15) is 0 Å². The molecule has 1 aliphatic rings. The van der Waals surface area contributed by atoms with Gasteiger partial charge >= 0.3 is 0 Å². The Bertz CT molecular complexity index is 1160. The average molecular weight is 454 g/mol. The van der Waals surface area contributed by atoms with Gasteiger partial charge < -0.3 is 16.0 Å². The van der Waals surface area contributed by atoms with Crippen LogP contribution in [0.3, 0.4) is 0 Å². The van der Waals surface area contributed by atoms with Crippen LogP contribution in [0.2, 0.25) is 10.0 Å². The number of fused-ring (bicyclic) bond motifs is 2. The summed E-state index contributed by atoms with van der Waals surface area (Å²) >= 11 is 12.3. The molecule has 29 heavy (non-hydrogen) atoms. The van der Waals surface area contributed by atoms with E-state index >= 15 is 0 Å². The number of nitrogens with two attached hydrogens (primary N) is 1. The highest BCUT2D eigenvalue weighted by Gasteiger charge is 2.21. The van der Waals surface area contributed by atoms with Gasteiger partial charge in [-0.05, 0) is 37.8 Å². The van der Waals surface area contributed by atoms with Gasteiger partial charge in [-0.15, -0.1) is 12.4 Å². The summed E-state index contributed by atoms with van der Waals surface area (Å²) in [5.41, 5.74) is 8.85. The summed E-state index contributed by atoms with van der Waals surface area (Å²) in [6.07, 6.45) is 7.31. The van der Waals surface area contributed by atoms with Gasteiger partial charge in [0, 0.05) is 12.1 Å². The van der Waals surface area contributed by atoms with Crippen LogP contribution in [0.25, 0.3) is 28.0 Å². The Balaban J connectivity index is 0.00000205. The second-order valence-electron chi connectivity index (χ2n) is 7.10. The van der Waals surface area contributed by atoms with Crippen molar-refractivity contribution in [2.75, 3.05) is 5.32 Å². The zero-order valence-corrected chi connectivity index (χ0v) is 17.6. The number of nitrogens with one attached hydrogen (secondary N) is 2. The molecule has 0 amide bonds. The molecule has 4 N–H and O–H groups in total. The SMILES string of the molecule is Cl.N[C@H]1CC[C@H](Nc2nc(-n3cnc4cc(Cl)c(Cl)cc43)c3nc[nH]c3n2)CC1. The predicted molar refractivity (Wildman–Crippen MR) is 117 cm³/mol. The third-order valence-corrected chi connectivity index (χ3v) is 5.91. The number of H-pyrrole nitrogens is 1. The van der Waals surface area contributed by atoms with Crippen LogP contribution in [0.4, 0.5) is 5.95 Å². The van der Waals surface area contributed by atoms with Gasteiger partial charge in [-0.1, -0.05) is 23.2 Å². The van der Waals surface area contributed by atoms with Crippen molar-refractivity contribution in [3.63, 3.8) is 0 Å². The summed E-state index contributed by atoms with van der Waals surface area (Å²) in [6.45, 7) is 0. The summed E-state index contributed by atoms with van der Waals surface area (Å²) < 4.78 is 1.85. The van der Waals surface area contributed by atoms with Crippen LogP contribution in [0.1, 0.15) is 25.7 Å². The van der Waals surface area contributed by atoms with E-state index < -0.39 is 0 Å². The number of hydrogen-bond acceptors (Lipinski definition) is 6. The minimum absolute atomic E-state index is 0. The van der Waals surface area contributed by atoms with E-state index in [1.165, 1.54) is 0 Å². The third kappa shape index (κ3) is 3.73. The minimum atomic E-state index is 0. The van der Waals surface area contributed by atoms with Gasteiger partial charge in [0.15, 0.2) is 17.0 Å². The molecule has 0 unspecified atom stereocenters. The maximum Gasteiger partial charge on any atom is 0.227 e. The topological polar surface area (TPSA) is 110 Å². The molecule has 1 fully saturated rings. The van der Waals surface area contributed by atoms with E-state index in [2.05, 4.69) is 25.3 Å². The van der Waals surface area contributed by atoms with Crippen molar-refractivity contribution in [3.05, 3.63) is 34.8 Å². The molecule has 0 radical (unpaired) electrons. The monoisotopic (exact) mass is 452 g/mol. The zero-order valence-electron chi connectivity index (χ0n) is 15.3. The summed E-state index contributed by atoms with van der Waals surface area (Å²) in [5, 5.41) is 4.37. The van der Waals surface area contributed by atoms with Crippen LogP contribution < -0.4 is 11.1 Å². The molecule has 3 aromatic heterocycles. The molecule has 8 nitrogen and oxygen atoms in total. The summed E-state index contributed by atoms with van der Waals surface area (Å²) in [5.74, 6) is 1.18. The van der Waals surface area contributed by atoms with Crippen LogP contribution >= 0.6 is 35.6 Å². The smallest absolute Gasteiger partial charge is 0.227 e. The first-order chi connectivity index (χ1) is 13.6. The second-order valence-corrected chi connectivity index (χ2v) is 7.91. The Morgan fingerprint density at radius 1 is 1.07 bits per heavy atom. The fourth-order valence-electron chi connectivity index (χ4n) is 3.67. The van der Waals surface area contributed by atoms with Crippen molar-refractivity contribution in [1.82, 2.24) is 29.5 Å². The molecule has 11 heteroatoms. The van der Waals surface area contributed by atoms with E-state index in [1.54, 1.807) is 24.8 Å². The Morgan fingerprint density at radius 2 is 1.83 bits per heavy atom. The number of rotatable bonds is 3. The normalized spacial score (nSPS) is 19.4. The third-order valence-electron chi connectivity index (χ3n) is 5.18. The highest BCUT2D eigenvalue weighted by atomic mass is 35.5. The lowest BCUT2D eigenvalue weighted by molar-refractivity contribution is 0.410. The Kier molecular flexibility index (Phi) is 5.52. The number of aromatic nitrogens is 6. The van der Waals surface area contributed by atoms with E-state index in [4.69, 9.17) is 33.9 Å². The van der Waals surface area contributed by atoms with Crippen molar-refractivity contribution >= 4 is 63.8 Å². The van der Waals surface area contributed by atoms with E-state index in [1.807, 2.05) is 4.57 Å². The first-order valence-electron chi connectivity index (χ1n) is 9.14. The first kappa shape index (κ1) is 20.2. The van der Waals surface area contributed by atoms with Crippen LogP contribution in [-0.4, -0.2) is 41.6 Å². The molecule has 0 spiro atoms. The number of benzene rings is 1. The second kappa shape index (κ2) is 7.95. The van der Waals surface area contributed by atoms with Gasteiger partial charge in [0.05, 0.1) is 27.4 Å². The maximum atomic E-state index is 6.22. The minimum Gasteiger partial charge on any atom is -0.351 e. The van der Waals surface area contributed by atoms with Crippen molar-refractivity contribution in [1.29, 1.82) is 0 Å². The van der Waals surface area contributed by atoms with Gasteiger partial charge in [-0.2, -0.15) is 9.97 Å². The van der Waals surface area contributed by atoms with Crippen LogP contribution in [0.5, 0.6) is 0 Å². The number of halogens is 3.